The highest BCUT2D eigenvalue weighted by molar-refractivity contribution is 5.25. The van der Waals surface area contributed by atoms with E-state index in [1.807, 2.05) is 0 Å². The van der Waals surface area contributed by atoms with Crippen molar-refractivity contribution in [3.63, 3.8) is 0 Å². The van der Waals surface area contributed by atoms with E-state index in [0.717, 1.165) is 6.42 Å². The van der Waals surface area contributed by atoms with E-state index in [1.54, 1.807) is 0 Å². The number of benzene rings is 1. The normalized spacial score (nSPS) is 14.1. The summed E-state index contributed by atoms with van der Waals surface area (Å²) in [5.74, 6) is 6.23. The Morgan fingerprint density at radius 1 is 1.12 bits per heavy atom. The van der Waals surface area contributed by atoms with Gasteiger partial charge in [-0.15, -0.1) is 0 Å². The fourth-order valence-electron chi connectivity index (χ4n) is 1.89. The molecule has 1 atom stereocenters. The maximum atomic E-state index is 5.63. The average molecular weight is 234 g/mol. The van der Waals surface area contributed by atoms with Crippen molar-refractivity contribution in [1.29, 1.82) is 0 Å². The molecule has 0 aliphatic rings. The zero-order valence-corrected chi connectivity index (χ0v) is 11.7. The molecule has 2 nitrogen and oxygen atoms in total. The molecule has 1 unspecified atom stereocenters. The minimum Gasteiger partial charge on any atom is -0.271 e. The SMILES string of the molecule is CC(C)c1ccc(CC(NN)C(C)(C)C)cc1. The van der Waals surface area contributed by atoms with Crippen molar-refractivity contribution >= 4 is 0 Å². The second-order valence-electron chi connectivity index (χ2n) is 6.19. The van der Waals surface area contributed by atoms with Crippen molar-refractivity contribution in [3.05, 3.63) is 35.4 Å². The number of rotatable bonds is 4. The van der Waals surface area contributed by atoms with Crippen LogP contribution in [-0.4, -0.2) is 6.04 Å². The predicted molar refractivity (Wildman–Crippen MR) is 74.8 cm³/mol. The van der Waals surface area contributed by atoms with Gasteiger partial charge in [-0.25, -0.2) is 0 Å². The molecule has 0 aromatic heterocycles. The first-order chi connectivity index (χ1) is 7.84. The lowest BCUT2D eigenvalue weighted by atomic mass is 9.83. The Balaban J connectivity index is 2.74. The second kappa shape index (κ2) is 5.65. The van der Waals surface area contributed by atoms with Gasteiger partial charge in [-0.05, 0) is 28.9 Å². The van der Waals surface area contributed by atoms with Crippen LogP contribution in [0.2, 0.25) is 0 Å². The molecule has 96 valence electrons. The molecule has 17 heavy (non-hydrogen) atoms. The molecule has 0 bridgehead atoms. The van der Waals surface area contributed by atoms with Crippen molar-refractivity contribution in [1.82, 2.24) is 5.43 Å². The van der Waals surface area contributed by atoms with E-state index in [0.29, 0.717) is 12.0 Å². The molecule has 0 fully saturated rings. The van der Waals surface area contributed by atoms with Crippen LogP contribution in [0.25, 0.3) is 0 Å². The van der Waals surface area contributed by atoms with Crippen LogP contribution in [0.3, 0.4) is 0 Å². The summed E-state index contributed by atoms with van der Waals surface area (Å²) in [6.07, 6.45) is 0.971. The Hall–Kier alpha value is -0.860. The number of hydrogen-bond donors (Lipinski definition) is 2. The second-order valence-corrected chi connectivity index (χ2v) is 6.19. The first-order valence-corrected chi connectivity index (χ1v) is 6.39. The van der Waals surface area contributed by atoms with Gasteiger partial charge in [-0.2, -0.15) is 0 Å². The smallest absolute Gasteiger partial charge is 0.0299 e. The lowest BCUT2D eigenvalue weighted by Crippen LogP contribution is -2.45. The molecule has 0 aliphatic carbocycles. The molecular formula is C15H26N2. The van der Waals surface area contributed by atoms with Crippen molar-refractivity contribution in [2.75, 3.05) is 0 Å². The molecular weight excluding hydrogens is 208 g/mol. The number of hydrogen-bond acceptors (Lipinski definition) is 2. The molecule has 1 rings (SSSR count). The van der Waals surface area contributed by atoms with Crippen LogP contribution in [0.15, 0.2) is 24.3 Å². The fourth-order valence-corrected chi connectivity index (χ4v) is 1.89. The van der Waals surface area contributed by atoms with Crippen LogP contribution in [-0.2, 0) is 6.42 Å². The first-order valence-electron chi connectivity index (χ1n) is 6.39. The first kappa shape index (κ1) is 14.2. The van der Waals surface area contributed by atoms with Crippen molar-refractivity contribution in [2.45, 2.75) is 53.0 Å². The minimum absolute atomic E-state index is 0.172. The van der Waals surface area contributed by atoms with Gasteiger partial charge in [0, 0.05) is 6.04 Å². The number of hydrazine groups is 1. The Kier molecular flexibility index (Phi) is 4.72. The van der Waals surface area contributed by atoms with Gasteiger partial charge in [0.1, 0.15) is 0 Å². The summed E-state index contributed by atoms with van der Waals surface area (Å²) in [4.78, 5) is 0. The monoisotopic (exact) mass is 234 g/mol. The molecule has 0 amide bonds. The lowest BCUT2D eigenvalue weighted by Gasteiger charge is -2.30. The number of nitrogens with one attached hydrogen (secondary N) is 1. The largest absolute Gasteiger partial charge is 0.271 e. The average Bonchev–Trinajstić information content (AvgIpc) is 2.24. The maximum absolute atomic E-state index is 5.63. The van der Waals surface area contributed by atoms with Crippen LogP contribution >= 0.6 is 0 Å². The summed E-state index contributed by atoms with van der Waals surface area (Å²) in [6, 6.07) is 9.16. The highest BCUT2D eigenvalue weighted by Crippen LogP contribution is 2.23. The molecule has 2 heteroatoms. The predicted octanol–water partition coefficient (Wildman–Crippen LogP) is 3.23. The summed E-state index contributed by atoms with van der Waals surface area (Å²) in [6.45, 7) is 11.1. The third-order valence-electron chi connectivity index (χ3n) is 3.33. The Labute approximate surface area is 106 Å². The maximum Gasteiger partial charge on any atom is 0.0299 e. The highest BCUT2D eigenvalue weighted by atomic mass is 15.2. The molecule has 0 spiro atoms. The zero-order valence-electron chi connectivity index (χ0n) is 11.7. The molecule has 0 saturated heterocycles. The van der Waals surface area contributed by atoms with E-state index in [1.165, 1.54) is 11.1 Å². The van der Waals surface area contributed by atoms with Gasteiger partial charge in [0.15, 0.2) is 0 Å². The van der Waals surface area contributed by atoms with E-state index in [9.17, 15) is 0 Å². The summed E-state index contributed by atoms with van der Waals surface area (Å²) in [5, 5.41) is 0. The van der Waals surface area contributed by atoms with Gasteiger partial charge < -0.3 is 0 Å². The van der Waals surface area contributed by atoms with Gasteiger partial charge in [0.25, 0.3) is 0 Å². The summed E-state index contributed by atoms with van der Waals surface area (Å²) < 4.78 is 0. The molecule has 0 heterocycles. The van der Waals surface area contributed by atoms with Crippen LogP contribution in [0.5, 0.6) is 0 Å². The molecule has 3 N–H and O–H groups in total. The molecule has 0 radical (unpaired) electrons. The van der Waals surface area contributed by atoms with E-state index in [-0.39, 0.29) is 5.41 Å². The van der Waals surface area contributed by atoms with Crippen LogP contribution in [0.4, 0.5) is 0 Å². The molecule has 1 aromatic rings. The molecule has 0 aliphatic heterocycles. The lowest BCUT2D eigenvalue weighted by molar-refractivity contribution is 0.269. The molecule has 1 aromatic carbocycles. The van der Waals surface area contributed by atoms with Crippen molar-refractivity contribution < 1.29 is 0 Å². The van der Waals surface area contributed by atoms with Crippen LogP contribution in [0.1, 0.15) is 51.7 Å². The van der Waals surface area contributed by atoms with Gasteiger partial charge in [0.05, 0.1) is 0 Å². The zero-order chi connectivity index (χ0) is 13.1. The van der Waals surface area contributed by atoms with Gasteiger partial charge in [-0.1, -0.05) is 58.9 Å². The van der Waals surface area contributed by atoms with Gasteiger partial charge >= 0.3 is 0 Å². The number of nitrogens with two attached hydrogens (primary N) is 1. The van der Waals surface area contributed by atoms with E-state index in [2.05, 4.69) is 64.3 Å². The van der Waals surface area contributed by atoms with Crippen LogP contribution < -0.4 is 11.3 Å². The quantitative estimate of drug-likeness (QED) is 0.620. The standard InChI is InChI=1S/C15H26N2/c1-11(2)13-8-6-12(7-9-13)10-14(17-16)15(3,4)5/h6-9,11,14,17H,10,16H2,1-5H3. The summed E-state index contributed by atoms with van der Waals surface area (Å²) in [5.41, 5.74) is 5.83. The van der Waals surface area contributed by atoms with Crippen molar-refractivity contribution in [3.8, 4) is 0 Å². The topological polar surface area (TPSA) is 38.0 Å². The third-order valence-corrected chi connectivity index (χ3v) is 3.33. The Morgan fingerprint density at radius 3 is 2.00 bits per heavy atom. The molecule has 0 saturated carbocycles. The van der Waals surface area contributed by atoms with Gasteiger partial charge in [0.2, 0.25) is 0 Å². The highest BCUT2D eigenvalue weighted by Gasteiger charge is 2.23. The fraction of sp³-hybridized carbons (Fsp3) is 0.600. The van der Waals surface area contributed by atoms with E-state index < -0.39 is 0 Å². The minimum atomic E-state index is 0.172. The summed E-state index contributed by atoms with van der Waals surface area (Å²) >= 11 is 0. The van der Waals surface area contributed by atoms with Gasteiger partial charge in [-0.3, -0.25) is 11.3 Å². The summed E-state index contributed by atoms with van der Waals surface area (Å²) in [7, 11) is 0. The Morgan fingerprint density at radius 2 is 1.65 bits per heavy atom. The van der Waals surface area contributed by atoms with Crippen molar-refractivity contribution in [2.24, 2.45) is 11.3 Å². The van der Waals surface area contributed by atoms with E-state index >= 15 is 0 Å². The third kappa shape index (κ3) is 4.14. The van der Waals surface area contributed by atoms with Crippen LogP contribution in [0, 0.1) is 5.41 Å². The van der Waals surface area contributed by atoms with E-state index in [4.69, 9.17) is 5.84 Å². The Bertz CT molecular complexity index is 333.